The standard InChI is InChI=1S/C26H16Cl2F2N2O4S/c27-16-6-5-7-17(14-16)32(26(34)20-9-2-4-11-23(20)30)37(35,36)18-12-13-21(28)24(15-18)31-25(33)19-8-1-3-10-22(19)29/h1-15H,(H,31,33). The van der Waals surface area contributed by atoms with Crippen LogP contribution in [0.25, 0.3) is 0 Å². The van der Waals surface area contributed by atoms with Crippen LogP contribution in [0.3, 0.4) is 0 Å². The molecule has 1 N–H and O–H groups in total. The van der Waals surface area contributed by atoms with E-state index in [0.29, 0.717) is 4.31 Å². The maximum absolute atomic E-state index is 14.5. The van der Waals surface area contributed by atoms with Crippen LogP contribution in [-0.4, -0.2) is 20.2 Å². The molecule has 0 heterocycles. The van der Waals surface area contributed by atoms with Crippen LogP contribution in [0.4, 0.5) is 20.2 Å². The summed E-state index contributed by atoms with van der Waals surface area (Å²) in [5.74, 6) is -3.76. The average Bonchev–Trinajstić information content (AvgIpc) is 2.85. The number of halogens is 4. The minimum atomic E-state index is -4.71. The van der Waals surface area contributed by atoms with Gasteiger partial charge in [0.2, 0.25) is 0 Å². The molecule has 0 spiro atoms. The van der Waals surface area contributed by atoms with E-state index in [1.807, 2.05) is 0 Å². The van der Waals surface area contributed by atoms with Crippen LogP contribution < -0.4 is 9.62 Å². The lowest BCUT2D eigenvalue weighted by Gasteiger charge is -2.23. The summed E-state index contributed by atoms with van der Waals surface area (Å²) in [5.41, 5.74) is -1.08. The molecule has 0 fully saturated rings. The number of nitrogens with zero attached hydrogens (tertiary/aromatic N) is 1. The Labute approximate surface area is 221 Å². The Morgan fingerprint density at radius 1 is 0.757 bits per heavy atom. The fraction of sp³-hybridized carbons (Fsp3) is 0. The van der Waals surface area contributed by atoms with Crippen molar-refractivity contribution in [3.05, 3.63) is 124 Å². The maximum Gasteiger partial charge on any atom is 0.275 e. The number of nitrogens with one attached hydrogen (secondary N) is 1. The van der Waals surface area contributed by atoms with Crippen molar-refractivity contribution < 1.29 is 26.8 Å². The third-order valence-electron chi connectivity index (χ3n) is 5.17. The second-order valence-electron chi connectivity index (χ2n) is 7.61. The highest BCUT2D eigenvalue weighted by molar-refractivity contribution is 7.93. The summed E-state index contributed by atoms with van der Waals surface area (Å²) in [7, 11) is -4.71. The van der Waals surface area contributed by atoms with Gasteiger partial charge >= 0.3 is 0 Å². The number of rotatable bonds is 6. The SMILES string of the molecule is O=C(Nc1cc(S(=O)(=O)N(C(=O)c2ccccc2F)c2cccc(Cl)c2)ccc1Cl)c1ccccc1F. The van der Waals surface area contributed by atoms with Gasteiger partial charge in [-0.15, -0.1) is 0 Å². The van der Waals surface area contributed by atoms with E-state index in [1.54, 1.807) is 0 Å². The quantitative estimate of drug-likeness (QED) is 0.289. The highest BCUT2D eigenvalue weighted by Gasteiger charge is 2.34. The van der Waals surface area contributed by atoms with Crippen LogP contribution in [0.1, 0.15) is 20.7 Å². The van der Waals surface area contributed by atoms with Crippen LogP contribution >= 0.6 is 23.2 Å². The van der Waals surface area contributed by atoms with Crippen molar-refractivity contribution in [2.45, 2.75) is 4.90 Å². The Balaban J connectivity index is 1.80. The van der Waals surface area contributed by atoms with Crippen molar-refractivity contribution >= 4 is 56.4 Å². The zero-order valence-corrected chi connectivity index (χ0v) is 21.0. The number of anilines is 2. The third kappa shape index (κ3) is 5.48. The molecule has 0 saturated carbocycles. The number of carbonyl (C=O) groups excluding carboxylic acids is 2. The minimum Gasteiger partial charge on any atom is -0.321 e. The number of amides is 2. The molecule has 0 aromatic heterocycles. The van der Waals surface area contributed by atoms with Gasteiger partial charge in [-0.2, -0.15) is 4.31 Å². The second-order valence-corrected chi connectivity index (χ2v) is 10.2. The van der Waals surface area contributed by atoms with Gasteiger partial charge in [-0.05, 0) is 60.7 Å². The fourth-order valence-corrected chi connectivity index (χ4v) is 5.19. The van der Waals surface area contributed by atoms with E-state index in [2.05, 4.69) is 5.32 Å². The van der Waals surface area contributed by atoms with Crippen molar-refractivity contribution in [3.63, 3.8) is 0 Å². The van der Waals surface area contributed by atoms with Crippen molar-refractivity contribution in [1.29, 1.82) is 0 Å². The molecule has 0 aliphatic rings. The topological polar surface area (TPSA) is 83.6 Å². The summed E-state index contributed by atoms with van der Waals surface area (Å²) >= 11 is 12.2. The van der Waals surface area contributed by atoms with Gasteiger partial charge in [0.05, 0.1) is 32.4 Å². The molecule has 0 aliphatic heterocycles. The molecule has 188 valence electrons. The first-order chi connectivity index (χ1) is 17.6. The molecule has 4 aromatic carbocycles. The molecule has 0 saturated heterocycles. The zero-order valence-electron chi connectivity index (χ0n) is 18.7. The highest BCUT2D eigenvalue weighted by Crippen LogP contribution is 2.32. The van der Waals surface area contributed by atoms with Gasteiger partial charge in [-0.3, -0.25) is 9.59 Å². The Bertz CT molecular complexity index is 1630. The molecule has 0 radical (unpaired) electrons. The summed E-state index contributed by atoms with van der Waals surface area (Å²) in [6.07, 6.45) is 0. The summed E-state index contributed by atoms with van der Waals surface area (Å²) in [6, 6.07) is 18.9. The molecule has 6 nitrogen and oxygen atoms in total. The van der Waals surface area contributed by atoms with E-state index in [0.717, 1.165) is 30.3 Å². The molecule has 4 aromatic rings. The van der Waals surface area contributed by atoms with E-state index < -0.39 is 43.9 Å². The van der Waals surface area contributed by atoms with Crippen LogP contribution in [-0.2, 0) is 10.0 Å². The zero-order chi connectivity index (χ0) is 26.7. The lowest BCUT2D eigenvalue weighted by Crippen LogP contribution is -2.37. The summed E-state index contributed by atoms with van der Waals surface area (Å²) in [4.78, 5) is 25.5. The molecule has 37 heavy (non-hydrogen) atoms. The first kappa shape index (κ1) is 26.3. The lowest BCUT2D eigenvalue weighted by molar-refractivity contribution is 0.0998. The van der Waals surface area contributed by atoms with Gasteiger partial charge in [-0.1, -0.05) is 53.5 Å². The van der Waals surface area contributed by atoms with Gasteiger partial charge in [0.15, 0.2) is 0 Å². The third-order valence-corrected chi connectivity index (χ3v) is 7.45. The number of hydrogen-bond donors (Lipinski definition) is 1. The molecular formula is C26H16Cl2F2N2O4S. The first-order valence-electron chi connectivity index (χ1n) is 10.5. The largest absolute Gasteiger partial charge is 0.321 e. The number of sulfonamides is 1. The van der Waals surface area contributed by atoms with E-state index in [9.17, 15) is 26.8 Å². The Hall–Kier alpha value is -3.79. The maximum atomic E-state index is 14.5. The van der Waals surface area contributed by atoms with Gasteiger partial charge in [0.1, 0.15) is 11.6 Å². The highest BCUT2D eigenvalue weighted by atomic mass is 35.5. The molecule has 4 rings (SSSR count). The molecule has 0 atom stereocenters. The Kier molecular flexibility index (Phi) is 7.58. The summed E-state index contributed by atoms with van der Waals surface area (Å²) < 4.78 is 56.5. The minimum absolute atomic E-state index is 0.0432. The van der Waals surface area contributed by atoms with Crippen LogP contribution in [0.15, 0.2) is 95.9 Å². The average molecular weight is 561 g/mol. The summed E-state index contributed by atoms with van der Waals surface area (Å²) in [5, 5.41) is 2.47. The first-order valence-corrected chi connectivity index (χ1v) is 12.7. The number of hydrogen-bond acceptors (Lipinski definition) is 4. The number of benzene rings is 4. The molecule has 0 unspecified atom stereocenters. The predicted octanol–water partition coefficient (Wildman–Crippen LogP) is 6.56. The monoisotopic (exact) mass is 560 g/mol. The van der Waals surface area contributed by atoms with Gasteiger partial charge in [0, 0.05) is 5.02 Å². The Morgan fingerprint density at radius 3 is 2.00 bits per heavy atom. The van der Waals surface area contributed by atoms with Gasteiger partial charge < -0.3 is 5.32 Å². The predicted molar refractivity (Wildman–Crippen MR) is 138 cm³/mol. The van der Waals surface area contributed by atoms with E-state index >= 15 is 0 Å². The summed E-state index contributed by atoms with van der Waals surface area (Å²) in [6.45, 7) is 0. The fourth-order valence-electron chi connectivity index (χ4n) is 3.41. The van der Waals surface area contributed by atoms with E-state index in [-0.39, 0.29) is 27.0 Å². The molecule has 11 heteroatoms. The van der Waals surface area contributed by atoms with Crippen LogP contribution in [0, 0.1) is 11.6 Å². The van der Waals surface area contributed by atoms with Crippen molar-refractivity contribution in [2.75, 3.05) is 9.62 Å². The molecule has 0 bridgehead atoms. The molecular weight excluding hydrogens is 545 g/mol. The molecule has 0 aliphatic carbocycles. The second kappa shape index (κ2) is 10.7. The van der Waals surface area contributed by atoms with Crippen molar-refractivity contribution in [3.8, 4) is 0 Å². The van der Waals surface area contributed by atoms with Crippen molar-refractivity contribution in [2.24, 2.45) is 0 Å². The van der Waals surface area contributed by atoms with Crippen LogP contribution in [0.5, 0.6) is 0 Å². The van der Waals surface area contributed by atoms with E-state index in [1.165, 1.54) is 60.7 Å². The van der Waals surface area contributed by atoms with Crippen molar-refractivity contribution in [1.82, 2.24) is 0 Å². The van der Waals surface area contributed by atoms with E-state index in [4.69, 9.17) is 23.2 Å². The number of carbonyl (C=O) groups is 2. The smallest absolute Gasteiger partial charge is 0.275 e. The van der Waals surface area contributed by atoms with Gasteiger partial charge in [-0.25, -0.2) is 17.2 Å². The van der Waals surface area contributed by atoms with Gasteiger partial charge in [0.25, 0.3) is 21.8 Å². The normalized spacial score (nSPS) is 11.1. The Morgan fingerprint density at radius 2 is 1.38 bits per heavy atom. The molecule has 2 amide bonds. The van der Waals surface area contributed by atoms with Crippen LogP contribution in [0.2, 0.25) is 10.0 Å². The lowest BCUT2D eigenvalue weighted by atomic mass is 10.2.